The van der Waals surface area contributed by atoms with E-state index in [9.17, 15) is 19.5 Å². The quantitative estimate of drug-likeness (QED) is 0.715. The minimum Gasteiger partial charge on any atom is -0.481 e. The molecule has 0 aromatic carbocycles. The van der Waals surface area contributed by atoms with Crippen LogP contribution in [-0.4, -0.2) is 28.5 Å². The van der Waals surface area contributed by atoms with E-state index in [1.165, 1.54) is 12.3 Å². The molecule has 6 heteroatoms. The second-order valence-corrected chi connectivity index (χ2v) is 4.39. The fourth-order valence-electron chi connectivity index (χ4n) is 1.82. The Labute approximate surface area is 110 Å². The Bertz CT molecular complexity index is 517. The number of pyridine rings is 1. The number of carbonyl (C=O) groups excluding carboxylic acids is 1. The highest BCUT2D eigenvalue weighted by Gasteiger charge is 2.35. The van der Waals surface area contributed by atoms with Crippen molar-refractivity contribution in [1.82, 2.24) is 10.3 Å². The fourth-order valence-corrected chi connectivity index (χ4v) is 1.82. The van der Waals surface area contributed by atoms with Crippen LogP contribution >= 0.6 is 0 Å². The average Bonchev–Trinajstić information content (AvgIpc) is 2.40. The first-order chi connectivity index (χ1) is 8.96. The van der Waals surface area contributed by atoms with Crippen LogP contribution in [0, 0.1) is 5.41 Å². The number of hydrogen-bond donors (Lipinski definition) is 3. The van der Waals surface area contributed by atoms with Gasteiger partial charge in [0, 0.05) is 12.7 Å². The molecule has 0 saturated carbocycles. The van der Waals surface area contributed by atoms with E-state index in [0.29, 0.717) is 12.8 Å². The number of carboxylic acid groups (broad SMARTS) is 1. The van der Waals surface area contributed by atoms with Crippen molar-refractivity contribution < 1.29 is 14.7 Å². The number of hydrogen-bond acceptors (Lipinski definition) is 3. The zero-order valence-corrected chi connectivity index (χ0v) is 11.0. The Hall–Kier alpha value is -2.11. The number of carbonyl (C=O) groups is 2. The molecule has 0 spiro atoms. The zero-order chi connectivity index (χ0) is 14.5. The topological polar surface area (TPSA) is 99.3 Å². The maximum atomic E-state index is 11.8. The monoisotopic (exact) mass is 266 g/mol. The van der Waals surface area contributed by atoms with Gasteiger partial charge in [-0.2, -0.15) is 0 Å². The summed E-state index contributed by atoms with van der Waals surface area (Å²) in [6.45, 7) is 3.53. The summed E-state index contributed by atoms with van der Waals surface area (Å²) >= 11 is 0. The van der Waals surface area contributed by atoms with Crippen LogP contribution < -0.4 is 10.9 Å². The summed E-state index contributed by atoms with van der Waals surface area (Å²) in [5, 5.41) is 11.8. The number of H-pyrrole nitrogens is 1. The van der Waals surface area contributed by atoms with Gasteiger partial charge in [0.25, 0.3) is 11.5 Å². The Morgan fingerprint density at radius 2 is 2.00 bits per heavy atom. The minimum absolute atomic E-state index is 0.00248. The molecule has 0 aliphatic carbocycles. The summed E-state index contributed by atoms with van der Waals surface area (Å²) in [5.74, 6) is -1.51. The average molecular weight is 266 g/mol. The van der Waals surface area contributed by atoms with Crippen molar-refractivity contribution in [2.75, 3.05) is 6.54 Å². The van der Waals surface area contributed by atoms with Crippen molar-refractivity contribution in [2.24, 2.45) is 5.41 Å². The number of rotatable bonds is 6. The van der Waals surface area contributed by atoms with Crippen molar-refractivity contribution in [3.05, 3.63) is 34.2 Å². The molecule has 0 atom stereocenters. The molecule has 0 aliphatic rings. The van der Waals surface area contributed by atoms with E-state index in [0.717, 1.165) is 0 Å². The molecular formula is C13H18N2O4. The van der Waals surface area contributed by atoms with Crippen LogP contribution in [0.15, 0.2) is 23.1 Å². The third-order valence-electron chi connectivity index (χ3n) is 3.46. The van der Waals surface area contributed by atoms with Gasteiger partial charge in [0.05, 0.1) is 5.41 Å². The van der Waals surface area contributed by atoms with Gasteiger partial charge in [0.2, 0.25) is 0 Å². The summed E-state index contributed by atoms with van der Waals surface area (Å²) < 4.78 is 0. The summed E-state index contributed by atoms with van der Waals surface area (Å²) in [4.78, 5) is 36.9. The van der Waals surface area contributed by atoms with E-state index >= 15 is 0 Å². The predicted molar refractivity (Wildman–Crippen MR) is 70.0 cm³/mol. The van der Waals surface area contributed by atoms with Crippen LogP contribution in [0.2, 0.25) is 0 Å². The van der Waals surface area contributed by atoms with Crippen LogP contribution in [-0.2, 0) is 4.79 Å². The molecular weight excluding hydrogens is 248 g/mol. The van der Waals surface area contributed by atoms with Crippen molar-refractivity contribution in [2.45, 2.75) is 26.7 Å². The number of aliphatic carboxylic acids is 1. The molecule has 1 heterocycles. The molecule has 0 unspecified atom stereocenters. The summed E-state index contributed by atoms with van der Waals surface area (Å²) in [5.41, 5.74) is -1.50. The molecule has 1 aromatic heterocycles. The van der Waals surface area contributed by atoms with Crippen LogP contribution in [0.4, 0.5) is 0 Å². The van der Waals surface area contributed by atoms with Crippen molar-refractivity contribution >= 4 is 11.9 Å². The van der Waals surface area contributed by atoms with Crippen molar-refractivity contribution in [1.29, 1.82) is 0 Å². The maximum absolute atomic E-state index is 11.8. The summed E-state index contributed by atoms with van der Waals surface area (Å²) in [7, 11) is 0. The van der Waals surface area contributed by atoms with E-state index in [1.54, 1.807) is 19.9 Å². The Balaban J connectivity index is 2.82. The maximum Gasteiger partial charge on any atom is 0.311 e. The lowest BCUT2D eigenvalue weighted by Crippen LogP contribution is -2.43. The first-order valence-electron chi connectivity index (χ1n) is 6.16. The normalized spacial score (nSPS) is 11.1. The van der Waals surface area contributed by atoms with E-state index in [-0.39, 0.29) is 12.1 Å². The van der Waals surface area contributed by atoms with Gasteiger partial charge in [0.1, 0.15) is 5.56 Å². The van der Waals surface area contributed by atoms with Gasteiger partial charge in [-0.25, -0.2) is 0 Å². The van der Waals surface area contributed by atoms with Gasteiger partial charge in [-0.05, 0) is 25.0 Å². The number of aromatic nitrogens is 1. The van der Waals surface area contributed by atoms with E-state index in [2.05, 4.69) is 10.3 Å². The molecule has 1 aromatic rings. The second-order valence-electron chi connectivity index (χ2n) is 4.39. The molecule has 0 fully saturated rings. The molecule has 0 bridgehead atoms. The standard InChI is InChI=1S/C13H18N2O4/c1-3-13(4-2,12(18)19)8-15-11(17)9-6-5-7-14-10(9)16/h5-7H,3-4,8H2,1-2H3,(H,14,16)(H,15,17)(H,18,19). The highest BCUT2D eigenvalue weighted by molar-refractivity contribution is 5.94. The van der Waals surface area contributed by atoms with E-state index < -0.39 is 22.9 Å². The number of aromatic amines is 1. The van der Waals surface area contributed by atoms with Crippen LogP contribution in [0.3, 0.4) is 0 Å². The lowest BCUT2D eigenvalue weighted by molar-refractivity contribution is -0.149. The first kappa shape index (κ1) is 14.9. The Kier molecular flexibility index (Phi) is 4.86. The first-order valence-corrected chi connectivity index (χ1v) is 6.16. The van der Waals surface area contributed by atoms with Crippen LogP contribution in [0.25, 0.3) is 0 Å². The van der Waals surface area contributed by atoms with Gasteiger partial charge >= 0.3 is 5.97 Å². The lowest BCUT2D eigenvalue weighted by Gasteiger charge is -2.26. The van der Waals surface area contributed by atoms with Crippen LogP contribution in [0.1, 0.15) is 37.0 Å². The molecule has 0 aliphatic heterocycles. The Morgan fingerprint density at radius 3 is 2.47 bits per heavy atom. The van der Waals surface area contributed by atoms with E-state index in [1.807, 2.05) is 0 Å². The molecule has 19 heavy (non-hydrogen) atoms. The van der Waals surface area contributed by atoms with Crippen molar-refractivity contribution in [3.63, 3.8) is 0 Å². The summed E-state index contributed by atoms with van der Waals surface area (Å²) in [6.07, 6.45) is 2.24. The molecule has 3 N–H and O–H groups in total. The number of carboxylic acids is 1. The summed E-state index contributed by atoms with van der Waals surface area (Å²) in [6, 6.07) is 2.94. The smallest absolute Gasteiger partial charge is 0.311 e. The largest absolute Gasteiger partial charge is 0.481 e. The lowest BCUT2D eigenvalue weighted by atomic mass is 9.82. The number of amides is 1. The number of nitrogens with one attached hydrogen (secondary N) is 2. The van der Waals surface area contributed by atoms with Gasteiger partial charge in [-0.15, -0.1) is 0 Å². The molecule has 6 nitrogen and oxygen atoms in total. The molecule has 1 rings (SSSR count). The predicted octanol–water partition coefficient (Wildman–Crippen LogP) is 0.996. The van der Waals surface area contributed by atoms with Crippen molar-refractivity contribution in [3.8, 4) is 0 Å². The van der Waals surface area contributed by atoms with E-state index in [4.69, 9.17) is 0 Å². The highest BCUT2D eigenvalue weighted by atomic mass is 16.4. The molecule has 0 radical (unpaired) electrons. The molecule has 1 amide bonds. The van der Waals surface area contributed by atoms with Crippen LogP contribution in [0.5, 0.6) is 0 Å². The molecule has 0 saturated heterocycles. The fraction of sp³-hybridized carbons (Fsp3) is 0.462. The minimum atomic E-state index is -0.989. The third-order valence-corrected chi connectivity index (χ3v) is 3.46. The SMILES string of the molecule is CCC(CC)(CNC(=O)c1ccc[nH]c1=O)C(=O)O. The Morgan fingerprint density at radius 1 is 1.37 bits per heavy atom. The van der Waals surface area contributed by atoms with Gasteiger partial charge in [-0.1, -0.05) is 13.8 Å². The zero-order valence-electron chi connectivity index (χ0n) is 11.0. The molecule has 104 valence electrons. The third kappa shape index (κ3) is 3.21. The van der Waals surface area contributed by atoms with Gasteiger partial charge in [-0.3, -0.25) is 14.4 Å². The highest BCUT2D eigenvalue weighted by Crippen LogP contribution is 2.25. The van der Waals surface area contributed by atoms with Gasteiger partial charge in [0.15, 0.2) is 0 Å². The van der Waals surface area contributed by atoms with Gasteiger partial charge < -0.3 is 15.4 Å². The second kappa shape index (κ2) is 6.17.